The predicted molar refractivity (Wildman–Crippen MR) is 55.4 cm³/mol. The number of aliphatic carboxylic acids is 1. The smallest absolute Gasteiger partial charge is 0.315 e. The van der Waals surface area contributed by atoms with Gasteiger partial charge in [-0.3, -0.25) is 9.59 Å². The first-order valence-corrected chi connectivity index (χ1v) is 5.77. The molecule has 0 aliphatic carbocycles. The summed E-state index contributed by atoms with van der Waals surface area (Å²) in [6.45, 7) is 2.49. The van der Waals surface area contributed by atoms with Gasteiger partial charge in [0.25, 0.3) is 0 Å². The number of carboxylic acid groups (broad SMARTS) is 1. The second-order valence-corrected chi connectivity index (χ2v) is 3.88. The fourth-order valence-electron chi connectivity index (χ4n) is 0.687. The Hall–Kier alpha value is -0.710. The third kappa shape index (κ3) is 9.38. The molecule has 0 saturated heterocycles. The highest BCUT2D eigenvalue weighted by Crippen LogP contribution is 2.03. The Balaban J connectivity index is 3.22. The first-order valence-electron chi connectivity index (χ1n) is 4.62. The highest BCUT2D eigenvalue weighted by atomic mass is 32.2. The summed E-state index contributed by atoms with van der Waals surface area (Å²) in [5, 5.41) is 8.32. The van der Waals surface area contributed by atoms with E-state index in [0.717, 1.165) is 12.8 Å². The standard InChI is InChI=1S/C9H16O4S/c1-2-3-5-13-9(12)7-14-6-4-8(10)11/h2-7H2,1H3,(H,10,11). The number of hydrogen-bond acceptors (Lipinski definition) is 4. The van der Waals surface area contributed by atoms with Gasteiger partial charge >= 0.3 is 11.9 Å². The van der Waals surface area contributed by atoms with Gasteiger partial charge in [-0.2, -0.15) is 0 Å². The van der Waals surface area contributed by atoms with Gasteiger partial charge in [0.15, 0.2) is 0 Å². The lowest BCUT2D eigenvalue weighted by molar-refractivity contribution is -0.140. The van der Waals surface area contributed by atoms with E-state index in [0.29, 0.717) is 12.4 Å². The third-order valence-electron chi connectivity index (χ3n) is 1.44. The fraction of sp³-hybridized carbons (Fsp3) is 0.778. The van der Waals surface area contributed by atoms with Crippen LogP contribution in [-0.4, -0.2) is 35.2 Å². The number of esters is 1. The topological polar surface area (TPSA) is 63.6 Å². The molecule has 0 aromatic carbocycles. The van der Waals surface area contributed by atoms with Crippen molar-refractivity contribution in [3.8, 4) is 0 Å². The molecule has 0 fully saturated rings. The van der Waals surface area contributed by atoms with Crippen LogP contribution in [-0.2, 0) is 14.3 Å². The summed E-state index contributed by atoms with van der Waals surface area (Å²) < 4.78 is 4.88. The van der Waals surface area contributed by atoms with Crippen LogP contribution < -0.4 is 0 Å². The van der Waals surface area contributed by atoms with Crippen LogP contribution in [0.2, 0.25) is 0 Å². The van der Waals surface area contributed by atoms with Gasteiger partial charge in [0.2, 0.25) is 0 Å². The molecule has 0 heterocycles. The lowest BCUT2D eigenvalue weighted by Crippen LogP contribution is -2.09. The Morgan fingerprint density at radius 3 is 2.71 bits per heavy atom. The monoisotopic (exact) mass is 220 g/mol. The fourth-order valence-corrected chi connectivity index (χ4v) is 1.40. The van der Waals surface area contributed by atoms with Crippen LogP contribution in [0.3, 0.4) is 0 Å². The van der Waals surface area contributed by atoms with Crippen molar-refractivity contribution in [3.05, 3.63) is 0 Å². The van der Waals surface area contributed by atoms with Gasteiger partial charge in [0.1, 0.15) is 0 Å². The summed E-state index contributed by atoms with van der Waals surface area (Å²) in [6, 6.07) is 0. The molecule has 0 aromatic heterocycles. The van der Waals surface area contributed by atoms with Gasteiger partial charge in [-0.05, 0) is 6.42 Å². The first-order chi connectivity index (χ1) is 6.66. The minimum absolute atomic E-state index is 0.0902. The third-order valence-corrected chi connectivity index (χ3v) is 2.37. The normalized spacial score (nSPS) is 9.79. The number of carbonyl (C=O) groups excluding carboxylic acids is 1. The van der Waals surface area contributed by atoms with Gasteiger partial charge in [-0.25, -0.2) is 0 Å². The van der Waals surface area contributed by atoms with Crippen LogP contribution in [0.5, 0.6) is 0 Å². The Morgan fingerprint density at radius 1 is 1.43 bits per heavy atom. The van der Waals surface area contributed by atoms with Crippen molar-refractivity contribution in [3.63, 3.8) is 0 Å². The van der Waals surface area contributed by atoms with Gasteiger partial charge < -0.3 is 9.84 Å². The zero-order chi connectivity index (χ0) is 10.8. The van der Waals surface area contributed by atoms with E-state index in [1.165, 1.54) is 11.8 Å². The number of ether oxygens (including phenoxy) is 1. The van der Waals surface area contributed by atoms with Crippen LogP contribution in [0.25, 0.3) is 0 Å². The van der Waals surface area contributed by atoms with E-state index in [4.69, 9.17) is 9.84 Å². The molecule has 0 amide bonds. The second kappa shape index (κ2) is 8.87. The molecule has 0 aliphatic heterocycles. The quantitative estimate of drug-likeness (QED) is 0.496. The molecule has 0 saturated carbocycles. The second-order valence-electron chi connectivity index (χ2n) is 2.77. The molecule has 5 heteroatoms. The molecule has 14 heavy (non-hydrogen) atoms. The molecular formula is C9H16O4S. The molecule has 0 aliphatic rings. The summed E-state index contributed by atoms with van der Waals surface area (Å²) in [5.74, 6) is -0.388. The molecule has 0 rings (SSSR count). The van der Waals surface area contributed by atoms with Crippen LogP contribution in [0.1, 0.15) is 26.2 Å². The lowest BCUT2D eigenvalue weighted by atomic mass is 10.4. The summed E-state index contributed by atoms with van der Waals surface area (Å²) in [7, 11) is 0. The largest absolute Gasteiger partial charge is 0.481 e. The maximum atomic E-state index is 11.0. The van der Waals surface area contributed by atoms with E-state index < -0.39 is 5.97 Å². The zero-order valence-corrected chi connectivity index (χ0v) is 9.14. The van der Waals surface area contributed by atoms with Crippen molar-refractivity contribution in [2.45, 2.75) is 26.2 Å². The van der Waals surface area contributed by atoms with E-state index in [9.17, 15) is 9.59 Å². The Kier molecular flexibility index (Phi) is 8.42. The summed E-state index contributed by atoms with van der Waals surface area (Å²) in [5.41, 5.74) is 0. The molecule has 4 nitrogen and oxygen atoms in total. The summed E-state index contributed by atoms with van der Waals surface area (Å²) in [4.78, 5) is 21.1. The van der Waals surface area contributed by atoms with E-state index in [2.05, 4.69) is 0 Å². The number of carbonyl (C=O) groups is 2. The molecule has 0 unspecified atom stereocenters. The number of thioether (sulfide) groups is 1. The molecule has 0 aromatic rings. The molecular weight excluding hydrogens is 204 g/mol. The minimum atomic E-state index is -0.836. The van der Waals surface area contributed by atoms with Crippen LogP contribution in [0.4, 0.5) is 0 Å². The lowest BCUT2D eigenvalue weighted by Gasteiger charge is -2.02. The van der Waals surface area contributed by atoms with Gasteiger partial charge in [0, 0.05) is 5.75 Å². The van der Waals surface area contributed by atoms with E-state index in [-0.39, 0.29) is 18.1 Å². The molecule has 0 radical (unpaired) electrons. The van der Waals surface area contributed by atoms with Crippen molar-refractivity contribution >= 4 is 23.7 Å². The van der Waals surface area contributed by atoms with Crippen LogP contribution in [0.15, 0.2) is 0 Å². The number of carboxylic acids is 1. The van der Waals surface area contributed by atoms with Crippen LogP contribution in [0, 0.1) is 0 Å². The molecule has 0 atom stereocenters. The van der Waals surface area contributed by atoms with Gasteiger partial charge in [0.05, 0.1) is 18.8 Å². The Morgan fingerprint density at radius 2 is 2.14 bits per heavy atom. The van der Waals surface area contributed by atoms with Crippen molar-refractivity contribution in [1.82, 2.24) is 0 Å². The minimum Gasteiger partial charge on any atom is -0.481 e. The van der Waals surface area contributed by atoms with Gasteiger partial charge in [-0.15, -0.1) is 11.8 Å². The molecule has 0 bridgehead atoms. The average molecular weight is 220 g/mol. The Bertz CT molecular complexity index is 182. The molecule has 0 spiro atoms. The van der Waals surface area contributed by atoms with Crippen molar-refractivity contribution < 1.29 is 19.4 Å². The van der Waals surface area contributed by atoms with Crippen molar-refractivity contribution in [1.29, 1.82) is 0 Å². The number of hydrogen-bond donors (Lipinski definition) is 1. The average Bonchev–Trinajstić information content (AvgIpc) is 2.13. The predicted octanol–water partition coefficient (Wildman–Crippen LogP) is 1.54. The number of rotatable bonds is 8. The summed E-state index contributed by atoms with van der Waals surface area (Å²) >= 11 is 1.29. The highest BCUT2D eigenvalue weighted by Gasteiger charge is 2.03. The molecule has 82 valence electrons. The maximum absolute atomic E-state index is 11.0. The Labute approximate surface area is 88.0 Å². The van der Waals surface area contributed by atoms with E-state index >= 15 is 0 Å². The maximum Gasteiger partial charge on any atom is 0.315 e. The SMILES string of the molecule is CCCCOC(=O)CSCCC(=O)O. The first kappa shape index (κ1) is 13.3. The van der Waals surface area contributed by atoms with Gasteiger partial charge in [-0.1, -0.05) is 13.3 Å². The van der Waals surface area contributed by atoms with Crippen LogP contribution >= 0.6 is 11.8 Å². The number of unbranched alkanes of at least 4 members (excludes halogenated alkanes) is 1. The summed E-state index contributed by atoms with van der Waals surface area (Å²) in [6.07, 6.45) is 1.97. The molecule has 1 N–H and O–H groups in total. The highest BCUT2D eigenvalue weighted by molar-refractivity contribution is 7.99. The van der Waals surface area contributed by atoms with E-state index in [1.807, 2.05) is 6.92 Å². The van der Waals surface area contributed by atoms with Crippen molar-refractivity contribution in [2.75, 3.05) is 18.1 Å². The van der Waals surface area contributed by atoms with E-state index in [1.54, 1.807) is 0 Å². The zero-order valence-electron chi connectivity index (χ0n) is 8.32. The van der Waals surface area contributed by atoms with Crippen molar-refractivity contribution in [2.24, 2.45) is 0 Å².